The number of anilines is 3. The normalized spacial score (nSPS) is 14.6. The van der Waals surface area contributed by atoms with Gasteiger partial charge < -0.3 is 37.3 Å². The molecule has 0 saturated heterocycles. The zero-order valence-corrected chi connectivity index (χ0v) is 28.3. The third kappa shape index (κ3) is 8.20. The Morgan fingerprint density at radius 3 is 2.46 bits per heavy atom. The second kappa shape index (κ2) is 16.1. The zero-order valence-electron chi connectivity index (χ0n) is 28.3. The summed E-state index contributed by atoms with van der Waals surface area (Å²) >= 11 is 0. The lowest BCUT2D eigenvalue weighted by Gasteiger charge is -2.23. The van der Waals surface area contributed by atoms with Crippen LogP contribution in [0.25, 0.3) is 10.8 Å². The van der Waals surface area contributed by atoms with E-state index >= 15 is 0 Å². The second-order valence-electron chi connectivity index (χ2n) is 12.3. The van der Waals surface area contributed by atoms with Gasteiger partial charge in [0, 0.05) is 55.6 Å². The molecular formula is C36H47N9O3. The number of amidine groups is 1. The van der Waals surface area contributed by atoms with E-state index in [1.165, 1.54) is 21.6 Å². The Morgan fingerprint density at radius 2 is 1.83 bits per heavy atom. The monoisotopic (exact) mass is 653 g/mol. The van der Waals surface area contributed by atoms with Gasteiger partial charge >= 0.3 is 0 Å². The molecule has 254 valence electrons. The summed E-state index contributed by atoms with van der Waals surface area (Å²) in [6.45, 7) is 7.70. The number of nitrogens with zero attached hydrogens (tertiary/aromatic N) is 3. The molecule has 4 aromatic rings. The predicted molar refractivity (Wildman–Crippen MR) is 193 cm³/mol. The quantitative estimate of drug-likeness (QED) is 0.0392. The van der Waals surface area contributed by atoms with Gasteiger partial charge in [0.2, 0.25) is 12.8 Å². The van der Waals surface area contributed by atoms with Crippen LogP contribution >= 0.6 is 0 Å². The van der Waals surface area contributed by atoms with E-state index in [4.69, 9.17) is 22.2 Å². The largest absolute Gasteiger partial charge is 0.384 e. The molecule has 1 aromatic heterocycles. The fraction of sp³-hybridized carbons (Fsp3) is 0.333. The number of hydrogen-bond acceptors (Lipinski definition) is 9. The van der Waals surface area contributed by atoms with E-state index < -0.39 is 0 Å². The van der Waals surface area contributed by atoms with Crippen LogP contribution in [0.4, 0.5) is 17.2 Å². The molecule has 2 amide bonds. The van der Waals surface area contributed by atoms with E-state index in [0.29, 0.717) is 36.2 Å². The van der Waals surface area contributed by atoms with Crippen molar-refractivity contribution in [2.75, 3.05) is 37.1 Å². The first-order chi connectivity index (χ1) is 23.1. The van der Waals surface area contributed by atoms with Crippen LogP contribution in [0.3, 0.4) is 0 Å². The SMILES string of the molecule is CN(C=O)Cc1cc(NC=O)ccc1C1(/C(=N/N)NN)CC1.COCC(C)c1ccc([C@H](C)Nc2ccc3c(N)nccc3c2)cc1C. The zero-order chi connectivity index (χ0) is 34.8. The van der Waals surface area contributed by atoms with E-state index in [2.05, 4.69) is 77.2 Å². The number of nitrogens with one attached hydrogen (secondary N) is 3. The first kappa shape index (κ1) is 35.7. The number of aromatic nitrogens is 1. The van der Waals surface area contributed by atoms with Crippen LogP contribution in [0.2, 0.25) is 0 Å². The molecule has 12 nitrogen and oxygen atoms in total. The van der Waals surface area contributed by atoms with Crippen molar-refractivity contribution in [2.45, 2.75) is 57.5 Å². The van der Waals surface area contributed by atoms with E-state index in [0.717, 1.165) is 53.4 Å². The molecule has 1 aliphatic rings. The van der Waals surface area contributed by atoms with Gasteiger partial charge in [0.1, 0.15) is 11.7 Å². The van der Waals surface area contributed by atoms with Crippen molar-refractivity contribution in [3.63, 3.8) is 0 Å². The summed E-state index contributed by atoms with van der Waals surface area (Å²) in [6.07, 6.45) is 4.84. The van der Waals surface area contributed by atoms with Gasteiger partial charge in [-0.25, -0.2) is 10.8 Å². The Hall–Kier alpha value is -5.20. The van der Waals surface area contributed by atoms with E-state index in [9.17, 15) is 9.59 Å². The van der Waals surface area contributed by atoms with Crippen LogP contribution in [-0.4, -0.2) is 49.3 Å². The van der Waals surface area contributed by atoms with Crippen molar-refractivity contribution in [3.8, 4) is 0 Å². The standard InChI is InChI=1S/C22H27N3O.C14H20N6O2/c1-14-11-17(5-7-20(14)15(2)13-26-4)16(3)25-19-6-8-21-18(12-19)9-10-24-22(21)23;1-20(9-22)7-10-6-11(17-8-21)2-3-12(10)14(4-5-14)13(18-15)19-16/h5-12,15-16,25H,13H2,1-4H3,(H2,23,24);2-3,6,8-9H,4-5,7,15-16H2,1H3,(H,17,21)(H,18,19)/t15?,16-;/m0./s1. The highest BCUT2D eigenvalue weighted by Gasteiger charge is 2.50. The summed E-state index contributed by atoms with van der Waals surface area (Å²) in [5.74, 6) is 12.4. The molecule has 48 heavy (non-hydrogen) atoms. The summed E-state index contributed by atoms with van der Waals surface area (Å²) in [5, 5.41) is 12.0. The lowest BCUT2D eigenvalue weighted by Crippen LogP contribution is -2.41. The lowest BCUT2D eigenvalue weighted by atomic mass is 9.89. The maximum atomic E-state index is 10.9. The van der Waals surface area contributed by atoms with Crippen LogP contribution in [0, 0.1) is 6.92 Å². The number of aryl methyl sites for hydroxylation is 1. The van der Waals surface area contributed by atoms with Gasteiger partial charge in [0.05, 0.1) is 12.0 Å². The number of amides is 2. The van der Waals surface area contributed by atoms with Gasteiger partial charge in [0.15, 0.2) is 0 Å². The lowest BCUT2D eigenvalue weighted by molar-refractivity contribution is -0.117. The highest BCUT2D eigenvalue weighted by Crippen LogP contribution is 2.50. The minimum atomic E-state index is -0.345. The Labute approximate surface area is 282 Å². The average molecular weight is 654 g/mol. The number of hydrazone groups is 1. The maximum Gasteiger partial charge on any atom is 0.211 e. The van der Waals surface area contributed by atoms with Crippen LogP contribution in [-0.2, 0) is 26.3 Å². The van der Waals surface area contributed by atoms with Crippen molar-refractivity contribution in [1.82, 2.24) is 15.3 Å². The Bertz CT molecular complexity index is 1760. The molecule has 12 heteroatoms. The average Bonchev–Trinajstić information content (AvgIpc) is 3.87. The fourth-order valence-electron chi connectivity index (χ4n) is 6.20. The molecule has 1 saturated carbocycles. The van der Waals surface area contributed by atoms with Crippen molar-refractivity contribution in [1.29, 1.82) is 0 Å². The Balaban J connectivity index is 0.000000220. The summed E-state index contributed by atoms with van der Waals surface area (Å²) < 4.78 is 5.29. The van der Waals surface area contributed by atoms with Crippen molar-refractivity contribution < 1.29 is 14.3 Å². The first-order valence-electron chi connectivity index (χ1n) is 15.8. The molecule has 1 unspecified atom stereocenters. The third-order valence-corrected chi connectivity index (χ3v) is 8.84. The first-order valence-corrected chi connectivity index (χ1v) is 15.8. The molecule has 1 fully saturated rings. The molecule has 9 N–H and O–H groups in total. The molecule has 0 bridgehead atoms. The fourth-order valence-corrected chi connectivity index (χ4v) is 6.20. The smallest absolute Gasteiger partial charge is 0.211 e. The van der Waals surface area contributed by atoms with Crippen LogP contribution < -0.4 is 33.5 Å². The molecule has 2 atom stereocenters. The number of hydrogen-bond donors (Lipinski definition) is 6. The topological polar surface area (TPSA) is 186 Å². The van der Waals surface area contributed by atoms with Crippen LogP contribution in [0.15, 0.2) is 72.0 Å². The summed E-state index contributed by atoms with van der Waals surface area (Å²) in [6, 6.07) is 20.6. The summed E-state index contributed by atoms with van der Waals surface area (Å²) in [7, 11) is 3.44. The Kier molecular flexibility index (Phi) is 11.9. The summed E-state index contributed by atoms with van der Waals surface area (Å²) in [4.78, 5) is 27.2. The molecule has 1 aliphatic carbocycles. The van der Waals surface area contributed by atoms with Gasteiger partial charge in [-0.05, 0) is 96.3 Å². The highest BCUT2D eigenvalue weighted by molar-refractivity contribution is 5.96. The van der Waals surface area contributed by atoms with Crippen molar-refractivity contribution in [3.05, 3.63) is 94.7 Å². The molecule has 0 radical (unpaired) electrons. The number of rotatable bonds is 13. The number of pyridine rings is 1. The minimum Gasteiger partial charge on any atom is -0.384 e. The third-order valence-electron chi connectivity index (χ3n) is 8.84. The van der Waals surface area contributed by atoms with Crippen LogP contribution in [0.5, 0.6) is 0 Å². The maximum absolute atomic E-state index is 10.9. The summed E-state index contributed by atoms with van der Waals surface area (Å²) in [5.41, 5.74) is 15.7. The van der Waals surface area contributed by atoms with Crippen molar-refractivity contribution >= 4 is 46.6 Å². The van der Waals surface area contributed by atoms with E-state index in [1.807, 2.05) is 24.3 Å². The Morgan fingerprint density at radius 1 is 1.08 bits per heavy atom. The molecule has 3 aromatic carbocycles. The molecule has 1 heterocycles. The van der Waals surface area contributed by atoms with Gasteiger partial charge in [-0.15, -0.1) is 0 Å². The highest BCUT2D eigenvalue weighted by atomic mass is 16.5. The predicted octanol–water partition coefficient (Wildman–Crippen LogP) is 4.66. The number of fused-ring (bicyclic) bond motifs is 1. The number of nitrogens with two attached hydrogens (primary N) is 3. The molecule has 0 spiro atoms. The second-order valence-corrected chi connectivity index (χ2v) is 12.3. The number of methoxy groups -OCH3 is 1. The van der Waals surface area contributed by atoms with E-state index in [1.54, 1.807) is 26.4 Å². The van der Waals surface area contributed by atoms with Gasteiger partial charge in [-0.3, -0.25) is 9.59 Å². The number of carbonyl (C=O) groups excluding carboxylic acids is 2. The van der Waals surface area contributed by atoms with Gasteiger partial charge in [0.25, 0.3) is 0 Å². The molecule has 0 aliphatic heterocycles. The van der Waals surface area contributed by atoms with Gasteiger partial charge in [-0.2, -0.15) is 5.10 Å². The number of benzene rings is 3. The number of hydrazine groups is 1. The number of nitrogen functional groups attached to an aromatic ring is 1. The van der Waals surface area contributed by atoms with E-state index in [-0.39, 0.29) is 11.5 Å². The molecule has 5 rings (SSSR count). The van der Waals surface area contributed by atoms with Crippen molar-refractivity contribution in [2.24, 2.45) is 16.8 Å². The molecular weight excluding hydrogens is 606 g/mol. The van der Waals surface area contributed by atoms with Gasteiger partial charge in [-0.1, -0.05) is 31.2 Å². The number of carbonyl (C=O) groups is 2. The number of ether oxygens (including phenoxy) is 1. The van der Waals surface area contributed by atoms with Crippen LogP contribution in [0.1, 0.15) is 66.5 Å². The minimum absolute atomic E-state index is 0.206.